The molecule has 0 unspecified atom stereocenters. The number of nitrogens with one attached hydrogen (secondary N) is 1. The third-order valence-corrected chi connectivity index (χ3v) is 5.77. The lowest BCUT2D eigenvalue weighted by Gasteiger charge is -2.10. The Morgan fingerprint density at radius 3 is 2.59 bits per heavy atom. The van der Waals surface area contributed by atoms with Gasteiger partial charge in [0.1, 0.15) is 11.6 Å². The van der Waals surface area contributed by atoms with Gasteiger partial charge in [-0.15, -0.1) is 10.2 Å². The standard InChI is InChI=1S/C22H24N4O2S/c1-28-19-11-7-16(8-12-19)13-14-23-20(27)15-29-22-25-24-21(17-9-10-17)26(22)18-5-3-2-4-6-18/h2-8,11-12,17H,9-10,13-15H2,1H3,(H,23,27). The van der Waals surface area contributed by atoms with Gasteiger partial charge in [-0.25, -0.2) is 0 Å². The van der Waals surface area contributed by atoms with Crippen LogP contribution in [-0.4, -0.2) is 40.1 Å². The number of para-hydroxylation sites is 1. The summed E-state index contributed by atoms with van der Waals surface area (Å²) in [6.07, 6.45) is 3.09. The Balaban J connectivity index is 1.32. The molecule has 0 atom stereocenters. The number of methoxy groups -OCH3 is 1. The second-order valence-electron chi connectivity index (χ2n) is 7.02. The molecule has 0 bridgehead atoms. The van der Waals surface area contributed by atoms with Crippen LogP contribution in [0.15, 0.2) is 59.8 Å². The molecular formula is C22H24N4O2S. The van der Waals surface area contributed by atoms with Crippen LogP contribution in [0.25, 0.3) is 5.69 Å². The third-order valence-electron chi connectivity index (χ3n) is 4.84. The molecule has 4 rings (SSSR count). The van der Waals surface area contributed by atoms with Crippen LogP contribution in [0.5, 0.6) is 5.75 Å². The first kappa shape index (κ1) is 19.5. The van der Waals surface area contributed by atoms with Crippen molar-refractivity contribution in [1.82, 2.24) is 20.1 Å². The zero-order valence-electron chi connectivity index (χ0n) is 16.4. The number of rotatable bonds is 9. The number of hydrogen-bond acceptors (Lipinski definition) is 5. The molecule has 1 N–H and O–H groups in total. The lowest BCUT2D eigenvalue weighted by molar-refractivity contribution is -0.118. The number of carbonyl (C=O) groups excluding carboxylic acids is 1. The first-order valence-electron chi connectivity index (χ1n) is 9.78. The smallest absolute Gasteiger partial charge is 0.230 e. The molecule has 2 aromatic carbocycles. The van der Waals surface area contributed by atoms with Gasteiger partial charge in [-0.05, 0) is 49.1 Å². The van der Waals surface area contributed by atoms with Gasteiger partial charge in [0, 0.05) is 18.2 Å². The molecule has 150 valence electrons. The van der Waals surface area contributed by atoms with E-state index in [1.165, 1.54) is 11.8 Å². The van der Waals surface area contributed by atoms with Crippen molar-refractivity contribution >= 4 is 17.7 Å². The molecule has 29 heavy (non-hydrogen) atoms. The van der Waals surface area contributed by atoms with Crippen molar-refractivity contribution in [2.45, 2.75) is 30.3 Å². The SMILES string of the molecule is COc1ccc(CCNC(=O)CSc2nnc(C3CC3)n2-c2ccccc2)cc1. The Bertz CT molecular complexity index is 953. The minimum atomic E-state index is -0.000838. The van der Waals surface area contributed by atoms with Crippen LogP contribution >= 0.6 is 11.8 Å². The lowest BCUT2D eigenvalue weighted by atomic mass is 10.1. The third kappa shape index (κ3) is 4.98. The first-order valence-corrected chi connectivity index (χ1v) is 10.8. The van der Waals surface area contributed by atoms with Crippen LogP contribution < -0.4 is 10.1 Å². The molecular weight excluding hydrogens is 384 g/mol. The van der Waals surface area contributed by atoms with Crippen LogP contribution in [0.2, 0.25) is 0 Å². The Morgan fingerprint density at radius 2 is 1.90 bits per heavy atom. The van der Waals surface area contributed by atoms with Crippen molar-refractivity contribution in [1.29, 1.82) is 0 Å². The number of thioether (sulfide) groups is 1. The molecule has 1 saturated carbocycles. The zero-order chi connectivity index (χ0) is 20.1. The molecule has 6 nitrogen and oxygen atoms in total. The molecule has 1 heterocycles. The van der Waals surface area contributed by atoms with Gasteiger partial charge in [-0.2, -0.15) is 0 Å². The Labute approximate surface area is 174 Å². The maximum Gasteiger partial charge on any atom is 0.230 e. The monoisotopic (exact) mass is 408 g/mol. The highest BCUT2D eigenvalue weighted by Crippen LogP contribution is 2.41. The number of ether oxygens (including phenoxy) is 1. The Hall–Kier alpha value is -2.80. The summed E-state index contributed by atoms with van der Waals surface area (Å²) < 4.78 is 7.25. The molecule has 1 fully saturated rings. The van der Waals surface area contributed by atoms with Crippen molar-refractivity contribution in [3.05, 3.63) is 66.0 Å². The average Bonchev–Trinajstić information content (AvgIpc) is 3.52. The van der Waals surface area contributed by atoms with E-state index in [4.69, 9.17) is 4.74 Å². The molecule has 7 heteroatoms. The number of aromatic nitrogens is 3. The highest BCUT2D eigenvalue weighted by atomic mass is 32.2. The molecule has 1 amide bonds. The van der Waals surface area contributed by atoms with Crippen molar-refractivity contribution < 1.29 is 9.53 Å². The van der Waals surface area contributed by atoms with Crippen molar-refractivity contribution in [2.75, 3.05) is 19.4 Å². The summed E-state index contributed by atoms with van der Waals surface area (Å²) in [5, 5.41) is 12.5. The highest BCUT2D eigenvalue weighted by Gasteiger charge is 2.31. The molecule has 0 radical (unpaired) electrons. The molecule has 1 aromatic heterocycles. The predicted octanol–water partition coefficient (Wildman–Crippen LogP) is 3.60. The van der Waals surface area contributed by atoms with Gasteiger partial charge < -0.3 is 10.1 Å². The van der Waals surface area contributed by atoms with E-state index in [1.54, 1.807) is 7.11 Å². The second-order valence-corrected chi connectivity index (χ2v) is 7.97. The van der Waals surface area contributed by atoms with Crippen LogP contribution in [0.4, 0.5) is 0 Å². The van der Waals surface area contributed by atoms with Crippen molar-refractivity contribution in [3.8, 4) is 11.4 Å². The summed E-state index contributed by atoms with van der Waals surface area (Å²) in [5.74, 6) is 2.63. The van der Waals surface area contributed by atoms with E-state index in [0.29, 0.717) is 18.2 Å². The number of benzene rings is 2. The predicted molar refractivity (Wildman–Crippen MR) is 114 cm³/mol. The van der Waals surface area contributed by atoms with Gasteiger partial charge in [-0.3, -0.25) is 9.36 Å². The minimum Gasteiger partial charge on any atom is -0.497 e. The number of nitrogens with zero attached hydrogens (tertiary/aromatic N) is 3. The quantitative estimate of drug-likeness (QED) is 0.548. The van der Waals surface area contributed by atoms with E-state index >= 15 is 0 Å². The number of amides is 1. The summed E-state index contributed by atoms with van der Waals surface area (Å²) in [4.78, 5) is 12.3. The maximum atomic E-state index is 12.3. The van der Waals surface area contributed by atoms with Gasteiger partial charge in [0.05, 0.1) is 12.9 Å². The van der Waals surface area contributed by atoms with Crippen molar-refractivity contribution in [3.63, 3.8) is 0 Å². The molecule has 0 saturated heterocycles. The minimum absolute atomic E-state index is 0.000838. The summed E-state index contributed by atoms with van der Waals surface area (Å²) in [5.41, 5.74) is 2.21. The van der Waals surface area contributed by atoms with E-state index in [0.717, 1.165) is 47.2 Å². The summed E-state index contributed by atoms with van der Waals surface area (Å²) in [6, 6.07) is 18.0. The fourth-order valence-electron chi connectivity index (χ4n) is 3.12. The molecule has 3 aromatic rings. The van der Waals surface area contributed by atoms with E-state index < -0.39 is 0 Å². The number of carbonyl (C=O) groups is 1. The summed E-state index contributed by atoms with van der Waals surface area (Å²) >= 11 is 1.43. The largest absolute Gasteiger partial charge is 0.497 e. The fraction of sp³-hybridized carbons (Fsp3) is 0.318. The summed E-state index contributed by atoms with van der Waals surface area (Å²) in [7, 11) is 1.65. The molecule has 1 aliphatic rings. The molecule has 0 aliphatic heterocycles. The number of hydrogen-bond donors (Lipinski definition) is 1. The van der Waals surface area contributed by atoms with Crippen LogP contribution in [0, 0.1) is 0 Å². The first-order chi connectivity index (χ1) is 14.2. The Kier molecular flexibility index (Phi) is 6.14. The van der Waals surface area contributed by atoms with Crippen molar-refractivity contribution in [2.24, 2.45) is 0 Å². The molecule has 0 spiro atoms. The highest BCUT2D eigenvalue weighted by molar-refractivity contribution is 7.99. The lowest BCUT2D eigenvalue weighted by Crippen LogP contribution is -2.27. The topological polar surface area (TPSA) is 69.0 Å². The average molecular weight is 409 g/mol. The van der Waals surface area contributed by atoms with Gasteiger partial charge in [-0.1, -0.05) is 42.1 Å². The second kappa shape index (κ2) is 9.13. The van der Waals surface area contributed by atoms with Gasteiger partial charge in [0.15, 0.2) is 5.16 Å². The molecule has 1 aliphatic carbocycles. The van der Waals surface area contributed by atoms with E-state index in [9.17, 15) is 4.79 Å². The van der Waals surface area contributed by atoms with E-state index in [2.05, 4.69) is 20.1 Å². The fourth-order valence-corrected chi connectivity index (χ4v) is 3.91. The van der Waals surface area contributed by atoms with Gasteiger partial charge >= 0.3 is 0 Å². The van der Waals surface area contributed by atoms with Gasteiger partial charge in [0.2, 0.25) is 5.91 Å². The summed E-state index contributed by atoms with van der Waals surface area (Å²) in [6.45, 7) is 0.602. The maximum absolute atomic E-state index is 12.3. The zero-order valence-corrected chi connectivity index (χ0v) is 17.2. The van der Waals surface area contributed by atoms with Crippen LogP contribution in [0.1, 0.15) is 30.1 Å². The Morgan fingerprint density at radius 1 is 1.14 bits per heavy atom. The van der Waals surface area contributed by atoms with E-state index in [1.807, 2.05) is 54.6 Å². The normalized spacial score (nSPS) is 13.3. The van der Waals surface area contributed by atoms with Crippen LogP contribution in [-0.2, 0) is 11.2 Å². The van der Waals surface area contributed by atoms with Crippen LogP contribution in [0.3, 0.4) is 0 Å². The van der Waals surface area contributed by atoms with E-state index in [-0.39, 0.29) is 5.91 Å². The van der Waals surface area contributed by atoms with Gasteiger partial charge in [0.25, 0.3) is 0 Å².